The van der Waals surface area contributed by atoms with E-state index in [0.717, 1.165) is 12.8 Å². The average molecular weight is 435 g/mol. The van der Waals surface area contributed by atoms with Crippen molar-refractivity contribution in [2.45, 2.75) is 40.0 Å². The van der Waals surface area contributed by atoms with E-state index in [9.17, 15) is 14.7 Å². The Kier molecular flexibility index (Phi) is 8.99. The summed E-state index contributed by atoms with van der Waals surface area (Å²) in [5, 5.41) is 10.6. The highest BCUT2D eigenvalue weighted by Crippen LogP contribution is 2.32. The molecule has 0 spiro atoms. The Hall–Kier alpha value is -2.73. The summed E-state index contributed by atoms with van der Waals surface area (Å²) in [4.78, 5) is 22.6. The Morgan fingerprint density at radius 3 is 2.40 bits per heavy atom. The molecule has 2 rings (SSSR count). The van der Waals surface area contributed by atoms with Gasteiger partial charge in [0.1, 0.15) is 23.0 Å². The van der Waals surface area contributed by atoms with E-state index in [4.69, 9.17) is 25.8 Å². The lowest BCUT2D eigenvalue weighted by Crippen LogP contribution is -2.06. The van der Waals surface area contributed by atoms with Gasteiger partial charge in [-0.2, -0.15) is 0 Å². The third kappa shape index (κ3) is 6.66. The molecule has 2 aromatic carbocycles. The molecule has 0 saturated heterocycles. The zero-order chi connectivity index (χ0) is 22.1. The number of hydrogen-bond donors (Lipinski definition) is 1. The molecular weight excluding hydrogens is 408 g/mol. The monoisotopic (exact) mass is 434 g/mol. The summed E-state index contributed by atoms with van der Waals surface area (Å²) in [5.74, 6) is 1.58. The summed E-state index contributed by atoms with van der Waals surface area (Å²) < 4.78 is 16.1. The highest BCUT2D eigenvalue weighted by Gasteiger charge is 2.17. The van der Waals surface area contributed by atoms with Crippen molar-refractivity contribution < 1.29 is 28.9 Å². The van der Waals surface area contributed by atoms with Gasteiger partial charge in [0.05, 0.1) is 23.8 Å². The number of ketones is 1. The number of hydrogen-bond acceptors (Lipinski definition) is 6. The second-order valence-electron chi connectivity index (χ2n) is 7.32. The molecule has 7 heteroatoms. The highest BCUT2D eigenvalue weighted by atomic mass is 35.5. The van der Waals surface area contributed by atoms with Crippen LogP contribution in [-0.2, 0) is 4.79 Å². The van der Waals surface area contributed by atoms with E-state index in [1.54, 1.807) is 37.3 Å². The lowest BCUT2D eigenvalue weighted by molar-refractivity contribution is -0.120. The van der Waals surface area contributed by atoms with Crippen molar-refractivity contribution in [1.29, 1.82) is 0 Å². The van der Waals surface area contributed by atoms with Gasteiger partial charge in [-0.05, 0) is 49.9 Å². The molecule has 0 fully saturated rings. The first-order valence-corrected chi connectivity index (χ1v) is 10.2. The van der Waals surface area contributed by atoms with E-state index in [-0.39, 0.29) is 23.2 Å². The van der Waals surface area contributed by atoms with Gasteiger partial charge in [-0.3, -0.25) is 9.59 Å². The lowest BCUT2D eigenvalue weighted by Gasteiger charge is -2.13. The predicted molar refractivity (Wildman–Crippen MR) is 115 cm³/mol. The van der Waals surface area contributed by atoms with E-state index >= 15 is 0 Å². The Labute approximate surface area is 181 Å². The maximum absolute atomic E-state index is 12.2. The summed E-state index contributed by atoms with van der Waals surface area (Å²) in [7, 11) is 0. The minimum atomic E-state index is -0.0693. The number of unbranched alkanes of at least 4 members (excludes halogenated alkanes) is 1. The molecule has 162 valence electrons. The summed E-state index contributed by atoms with van der Waals surface area (Å²) in [5.41, 5.74) is 0.901. The van der Waals surface area contributed by atoms with Crippen LogP contribution in [0.4, 0.5) is 0 Å². The molecule has 0 aliphatic rings. The second-order valence-corrected chi connectivity index (χ2v) is 7.72. The number of halogens is 1. The fourth-order valence-electron chi connectivity index (χ4n) is 2.84. The molecule has 0 saturated carbocycles. The van der Waals surface area contributed by atoms with Gasteiger partial charge >= 0.3 is 0 Å². The van der Waals surface area contributed by atoms with E-state index in [0.29, 0.717) is 53.8 Å². The Morgan fingerprint density at radius 2 is 1.77 bits per heavy atom. The molecule has 0 radical (unpaired) electrons. The third-order valence-electron chi connectivity index (χ3n) is 4.42. The fourth-order valence-corrected chi connectivity index (χ4v) is 3.05. The quantitative estimate of drug-likeness (QED) is 0.275. The standard InChI is InChI=1S/C23H27ClO6/c1-15(2)12-20(26)18-7-9-21(16(3)23(18)27)29-11-5-4-10-28-17-6-8-22(30-14-25)19(24)13-17/h6-9,13-15,27H,4-5,10-12H2,1-3H3. The molecule has 2 aromatic rings. The number of aromatic hydroxyl groups is 1. The molecule has 0 aromatic heterocycles. The zero-order valence-corrected chi connectivity index (χ0v) is 18.2. The third-order valence-corrected chi connectivity index (χ3v) is 4.71. The molecule has 0 aliphatic carbocycles. The van der Waals surface area contributed by atoms with E-state index in [2.05, 4.69) is 0 Å². The second kappa shape index (κ2) is 11.5. The van der Waals surface area contributed by atoms with Gasteiger partial charge in [0.15, 0.2) is 5.78 Å². The van der Waals surface area contributed by atoms with Crippen molar-refractivity contribution in [2.75, 3.05) is 13.2 Å². The van der Waals surface area contributed by atoms with E-state index in [1.807, 2.05) is 13.8 Å². The topological polar surface area (TPSA) is 82.1 Å². The van der Waals surface area contributed by atoms with Crippen LogP contribution in [0.15, 0.2) is 30.3 Å². The molecule has 1 N–H and O–H groups in total. The molecule has 0 aliphatic heterocycles. The van der Waals surface area contributed by atoms with Crippen molar-refractivity contribution in [3.8, 4) is 23.0 Å². The van der Waals surface area contributed by atoms with E-state index in [1.165, 1.54) is 0 Å². The molecule has 6 nitrogen and oxygen atoms in total. The Morgan fingerprint density at radius 1 is 1.10 bits per heavy atom. The molecule has 0 bridgehead atoms. The van der Waals surface area contributed by atoms with Crippen LogP contribution < -0.4 is 14.2 Å². The van der Waals surface area contributed by atoms with Crippen molar-refractivity contribution in [3.05, 3.63) is 46.5 Å². The molecule has 30 heavy (non-hydrogen) atoms. The maximum Gasteiger partial charge on any atom is 0.298 e. The minimum Gasteiger partial charge on any atom is -0.507 e. The number of benzene rings is 2. The summed E-state index contributed by atoms with van der Waals surface area (Å²) in [6.45, 7) is 6.92. The smallest absolute Gasteiger partial charge is 0.298 e. The molecule has 0 heterocycles. The number of rotatable bonds is 12. The first kappa shape index (κ1) is 23.5. The van der Waals surface area contributed by atoms with Crippen molar-refractivity contribution in [3.63, 3.8) is 0 Å². The van der Waals surface area contributed by atoms with Crippen LogP contribution in [-0.4, -0.2) is 30.6 Å². The maximum atomic E-state index is 12.2. The Bertz CT molecular complexity index is 878. The van der Waals surface area contributed by atoms with Gasteiger partial charge in [0.25, 0.3) is 6.47 Å². The van der Waals surface area contributed by atoms with Crippen molar-refractivity contribution >= 4 is 23.9 Å². The van der Waals surface area contributed by atoms with Gasteiger partial charge in [0, 0.05) is 18.1 Å². The van der Waals surface area contributed by atoms with Gasteiger partial charge in [-0.25, -0.2) is 0 Å². The molecule has 0 atom stereocenters. The fraction of sp³-hybridized carbons (Fsp3) is 0.391. The van der Waals surface area contributed by atoms with Crippen molar-refractivity contribution in [1.82, 2.24) is 0 Å². The van der Waals surface area contributed by atoms with Gasteiger partial charge in [-0.1, -0.05) is 25.4 Å². The first-order valence-electron chi connectivity index (χ1n) is 9.84. The van der Waals surface area contributed by atoms with Crippen molar-refractivity contribution in [2.24, 2.45) is 5.92 Å². The van der Waals surface area contributed by atoms with Crippen LogP contribution in [0, 0.1) is 12.8 Å². The lowest BCUT2D eigenvalue weighted by atomic mass is 9.98. The minimum absolute atomic E-state index is 0.0135. The summed E-state index contributed by atoms with van der Waals surface area (Å²) >= 11 is 6.00. The number of ether oxygens (including phenoxy) is 3. The van der Waals surface area contributed by atoms with Crippen LogP contribution in [0.2, 0.25) is 5.02 Å². The molecule has 0 amide bonds. The summed E-state index contributed by atoms with van der Waals surface area (Å²) in [6.07, 6.45) is 1.89. The van der Waals surface area contributed by atoms with E-state index < -0.39 is 0 Å². The molecular formula is C23H27ClO6. The molecule has 0 unspecified atom stereocenters. The highest BCUT2D eigenvalue weighted by molar-refractivity contribution is 6.32. The average Bonchev–Trinajstić information content (AvgIpc) is 2.69. The summed E-state index contributed by atoms with van der Waals surface area (Å²) in [6, 6.07) is 8.18. The zero-order valence-electron chi connectivity index (χ0n) is 17.4. The van der Waals surface area contributed by atoms with Crippen LogP contribution >= 0.6 is 11.6 Å². The number of carbonyl (C=O) groups is 2. The van der Waals surface area contributed by atoms with Gasteiger partial charge in [0.2, 0.25) is 0 Å². The Balaban J connectivity index is 1.78. The number of phenols is 1. The van der Waals surface area contributed by atoms with Crippen LogP contribution in [0.25, 0.3) is 0 Å². The van der Waals surface area contributed by atoms with Gasteiger partial charge < -0.3 is 19.3 Å². The normalized spacial score (nSPS) is 10.7. The largest absolute Gasteiger partial charge is 0.507 e. The van der Waals surface area contributed by atoms with Gasteiger partial charge in [-0.15, -0.1) is 0 Å². The number of carbonyl (C=O) groups excluding carboxylic acids is 2. The van der Waals surface area contributed by atoms with Crippen LogP contribution in [0.3, 0.4) is 0 Å². The van der Waals surface area contributed by atoms with Crippen LogP contribution in [0.1, 0.15) is 49.0 Å². The number of phenolic OH excluding ortho intramolecular Hbond substituents is 1. The predicted octanol–water partition coefficient (Wildman–Crippen LogP) is 5.36. The van der Waals surface area contributed by atoms with Crippen LogP contribution in [0.5, 0.6) is 23.0 Å². The number of Topliss-reactive ketones (excluding diaryl/α,β-unsaturated/α-hetero) is 1. The SMILES string of the molecule is Cc1c(OCCCCOc2ccc(OC=O)c(Cl)c2)ccc(C(=O)CC(C)C)c1O. The first-order chi connectivity index (χ1) is 14.3.